The average Bonchev–Trinajstić information content (AvgIpc) is 2.62. The van der Waals surface area contributed by atoms with Crippen molar-refractivity contribution >= 4 is 33.1 Å². The van der Waals surface area contributed by atoms with Gasteiger partial charge in [0.25, 0.3) is 10.0 Å². The zero-order valence-corrected chi connectivity index (χ0v) is 15.7. The number of rotatable bonds is 6. The minimum Gasteiger partial charge on any atom is -0.366 e. The zero-order valence-electron chi connectivity index (χ0n) is 14.1. The number of aryl methyl sites for hydroxylation is 1. The molecule has 0 bridgehead atoms. The van der Waals surface area contributed by atoms with Gasteiger partial charge in [-0.15, -0.1) is 0 Å². The van der Waals surface area contributed by atoms with Crippen molar-refractivity contribution in [1.29, 1.82) is 0 Å². The maximum atomic E-state index is 12.4. The van der Waals surface area contributed by atoms with Crippen molar-refractivity contribution in [3.05, 3.63) is 83.0 Å². The molecule has 26 heavy (non-hydrogen) atoms. The lowest BCUT2D eigenvalue weighted by Crippen LogP contribution is -2.13. The Morgan fingerprint density at radius 1 is 1.00 bits per heavy atom. The predicted molar refractivity (Wildman–Crippen MR) is 105 cm³/mol. The lowest BCUT2D eigenvalue weighted by atomic mass is 10.1. The molecule has 3 aromatic rings. The Hall–Kier alpha value is -2.57. The van der Waals surface area contributed by atoms with Gasteiger partial charge in [-0.25, -0.2) is 13.4 Å². The number of sulfonamides is 1. The summed E-state index contributed by atoms with van der Waals surface area (Å²) in [6.45, 7) is 2.70. The molecule has 1 aromatic heterocycles. The van der Waals surface area contributed by atoms with Crippen molar-refractivity contribution in [2.45, 2.75) is 18.4 Å². The van der Waals surface area contributed by atoms with Gasteiger partial charge in [-0.05, 0) is 42.3 Å². The fourth-order valence-electron chi connectivity index (χ4n) is 2.43. The van der Waals surface area contributed by atoms with Crippen molar-refractivity contribution < 1.29 is 8.42 Å². The average molecular weight is 388 g/mol. The van der Waals surface area contributed by atoms with E-state index in [4.69, 9.17) is 11.6 Å². The standard InChI is InChI=1S/C19H18ClN3O2S/c1-14-6-2-3-7-15(14)12-21-19-11-10-16(13-22-19)23-26(24,25)18-9-5-4-8-17(18)20/h2-11,13,23H,12H2,1H3,(H,21,22). The van der Waals surface area contributed by atoms with E-state index in [0.29, 0.717) is 18.1 Å². The highest BCUT2D eigenvalue weighted by atomic mass is 35.5. The predicted octanol–water partition coefficient (Wildman–Crippen LogP) is 4.46. The topological polar surface area (TPSA) is 71.1 Å². The Morgan fingerprint density at radius 2 is 1.73 bits per heavy atom. The number of benzene rings is 2. The molecule has 5 nitrogen and oxygen atoms in total. The van der Waals surface area contributed by atoms with Gasteiger partial charge in [-0.2, -0.15) is 0 Å². The SMILES string of the molecule is Cc1ccccc1CNc1ccc(NS(=O)(=O)c2ccccc2Cl)cn1. The van der Waals surface area contributed by atoms with Crippen LogP contribution in [0.2, 0.25) is 5.02 Å². The third kappa shape index (κ3) is 4.33. The summed E-state index contributed by atoms with van der Waals surface area (Å²) in [6, 6.07) is 17.8. The first-order valence-electron chi connectivity index (χ1n) is 7.97. The van der Waals surface area contributed by atoms with E-state index in [-0.39, 0.29) is 9.92 Å². The largest absolute Gasteiger partial charge is 0.366 e. The molecule has 2 N–H and O–H groups in total. The normalized spacial score (nSPS) is 11.2. The molecule has 0 aliphatic heterocycles. The molecule has 134 valence electrons. The second-order valence-corrected chi connectivity index (χ2v) is 7.81. The van der Waals surface area contributed by atoms with Gasteiger partial charge < -0.3 is 5.32 Å². The van der Waals surface area contributed by atoms with Crippen LogP contribution in [-0.2, 0) is 16.6 Å². The first kappa shape index (κ1) is 18.2. The highest BCUT2D eigenvalue weighted by Crippen LogP contribution is 2.23. The van der Waals surface area contributed by atoms with Crippen molar-refractivity contribution in [3.8, 4) is 0 Å². The smallest absolute Gasteiger partial charge is 0.263 e. The van der Waals surface area contributed by atoms with E-state index in [9.17, 15) is 8.42 Å². The van der Waals surface area contributed by atoms with Crippen LogP contribution < -0.4 is 10.0 Å². The first-order chi connectivity index (χ1) is 12.5. The van der Waals surface area contributed by atoms with Crippen LogP contribution in [0.4, 0.5) is 11.5 Å². The fourth-order valence-corrected chi connectivity index (χ4v) is 3.99. The Balaban J connectivity index is 1.68. The van der Waals surface area contributed by atoms with Crippen LogP contribution in [0, 0.1) is 6.92 Å². The van der Waals surface area contributed by atoms with Crippen LogP contribution >= 0.6 is 11.6 Å². The van der Waals surface area contributed by atoms with E-state index < -0.39 is 10.0 Å². The van der Waals surface area contributed by atoms with E-state index in [0.717, 1.165) is 0 Å². The van der Waals surface area contributed by atoms with Crippen molar-refractivity contribution in [3.63, 3.8) is 0 Å². The Kier molecular flexibility index (Phi) is 5.44. The van der Waals surface area contributed by atoms with Crippen LogP contribution in [0.15, 0.2) is 71.8 Å². The fraction of sp³-hybridized carbons (Fsp3) is 0.105. The summed E-state index contributed by atoms with van der Waals surface area (Å²) in [6.07, 6.45) is 1.47. The molecule has 0 aliphatic carbocycles. The van der Waals surface area contributed by atoms with Gasteiger partial charge in [-0.1, -0.05) is 48.0 Å². The van der Waals surface area contributed by atoms with Crippen LogP contribution in [0.1, 0.15) is 11.1 Å². The minimum absolute atomic E-state index is 0.0309. The molecule has 0 atom stereocenters. The monoisotopic (exact) mass is 387 g/mol. The molecule has 0 saturated heterocycles. The highest BCUT2D eigenvalue weighted by Gasteiger charge is 2.17. The number of hydrogen-bond donors (Lipinski definition) is 2. The maximum absolute atomic E-state index is 12.4. The maximum Gasteiger partial charge on any atom is 0.263 e. The van der Waals surface area contributed by atoms with Crippen molar-refractivity contribution in [2.24, 2.45) is 0 Å². The molecule has 0 fully saturated rings. The van der Waals surface area contributed by atoms with Crippen molar-refractivity contribution in [1.82, 2.24) is 4.98 Å². The van der Waals surface area contributed by atoms with Crippen molar-refractivity contribution in [2.75, 3.05) is 10.0 Å². The summed E-state index contributed by atoms with van der Waals surface area (Å²) < 4.78 is 27.3. The van der Waals surface area contributed by atoms with Gasteiger partial charge in [0, 0.05) is 6.54 Å². The van der Waals surface area contributed by atoms with E-state index >= 15 is 0 Å². The second kappa shape index (κ2) is 7.76. The molecule has 3 rings (SSSR count). The number of halogens is 1. The summed E-state index contributed by atoms with van der Waals surface area (Å²) in [5.41, 5.74) is 2.74. The first-order valence-corrected chi connectivity index (χ1v) is 9.83. The molecule has 0 amide bonds. The molecule has 0 aliphatic rings. The summed E-state index contributed by atoms with van der Waals surface area (Å²) in [5.74, 6) is 0.661. The van der Waals surface area contributed by atoms with Gasteiger partial charge in [-0.3, -0.25) is 4.72 Å². The number of nitrogens with one attached hydrogen (secondary N) is 2. The molecule has 1 heterocycles. The lowest BCUT2D eigenvalue weighted by Gasteiger charge is -2.11. The zero-order chi connectivity index (χ0) is 18.6. The van der Waals surface area contributed by atoms with Crippen LogP contribution in [0.3, 0.4) is 0 Å². The second-order valence-electron chi connectivity index (χ2n) is 5.75. The molecule has 0 saturated carbocycles. The summed E-state index contributed by atoms with van der Waals surface area (Å²) in [4.78, 5) is 4.28. The minimum atomic E-state index is -3.76. The van der Waals surface area contributed by atoms with E-state index in [1.165, 1.54) is 29.5 Å². The molecule has 7 heteroatoms. The van der Waals surface area contributed by atoms with Gasteiger partial charge in [0.1, 0.15) is 10.7 Å². The lowest BCUT2D eigenvalue weighted by molar-refractivity contribution is 0.601. The Labute approximate surface area is 158 Å². The van der Waals surface area contributed by atoms with E-state index in [1.807, 2.05) is 12.1 Å². The summed E-state index contributed by atoms with van der Waals surface area (Å²) in [5, 5.41) is 3.39. The quantitative estimate of drug-likeness (QED) is 0.655. The highest BCUT2D eigenvalue weighted by molar-refractivity contribution is 7.92. The van der Waals surface area contributed by atoms with Gasteiger partial charge in [0.2, 0.25) is 0 Å². The van der Waals surface area contributed by atoms with Gasteiger partial charge in [0.15, 0.2) is 0 Å². The molecular formula is C19H18ClN3O2S. The number of pyridine rings is 1. The molecule has 0 unspecified atom stereocenters. The molecule has 2 aromatic carbocycles. The molecule has 0 spiro atoms. The van der Waals surface area contributed by atoms with E-state index in [2.05, 4.69) is 34.1 Å². The molecule has 0 radical (unpaired) electrons. The van der Waals surface area contributed by atoms with Crippen LogP contribution in [0.25, 0.3) is 0 Å². The Morgan fingerprint density at radius 3 is 2.42 bits per heavy atom. The molecular weight excluding hydrogens is 370 g/mol. The summed E-state index contributed by atoms with van der Waals surface area (Å²) in [7, 11) is -3.76. The number of anilines is 2. The Bertz CT molecular complexity index is 1010. The number of hydrogen-bond acceptors (Lipinski definition) is 4. The number of nitrogens with zero attached hydrogens (tertiary/aromatic N) is 1. The van der Waals surface area contributed by atoms with Crippen LogP contribution in [0.5, 0.6) is 0 Å². The summed E-state index contributed by atoms with van der Waals surface area (Å²) >= 11 is 5.97. The van der Waals surface area contributed by atoms with Gasteiger partial charge >= 0.3 is 0 Å². The number of aromatic nitrogens is 1. The van der Waals surface area contributed by atoms with Crippen LogP contribution in [-0.4, -0.2) is 13.4 Å². The van der Waals surface area contributed by atoms with Gasteiger partial charge in [0.05, 0.1) is 16.9 Å². The van der Waals surface area contributed by atoms with E-state index in [1.54, 1.807) is 24.3 Å². The third-order valence-corrected chi connectivity index (χ3v) is 5.74. The third-order valence-electron chi connectivity index (χ3n) is 3.86.